The lowest BCUT2D eigenvalue weighted by molar-refractivity contribution is 1.03. The number of aryl methyl sites for hydroxylation is 1. The number of nitrogens with one attached hydrogen (secondary N) is 1. The molecule has 0 saturated carbocycles. The SMILES string of the molecule is C=c1[nH]c(CC)c(C)c1=C. The van der Waals surface area contributed by atoms with Crippen molar-refractivity contribution in [3.8, 4) is 0 Å². The maximum Gasteiger partial charge on any atom is 0.0379 e. The van der Waals surface area contributed by atoms with Crippen molar-refractivity contribution < 1.29 is 0 Å². The third-order valence-electron chi connectivity index (χ3n) is 1.92. The highest BCUT2D eigenvalue weighted by molar-refractivity contribution is 5.26. The average Bonchev–Trinajstić information content (AvgIpc) is 2.17. The summed E-state index contributed by atoms with van der Waals surface area (Å²) in [6.45, 7) is 11.9. The Morgan fingerprint density at radius 1 is 1.40 bits per heavy atom. The second-order valence-corrected chi connectivity index (χ2v) is 2.54. The molecular formula is C9H13N. The zero-order valence-corrected chi connectivity index (χ0v) is 6.62. The molecule has 1 heteroatoms. The van der Waals surface area contributed by atoms with Gasteiger partial charge >= 0.3 is 0 Å². The van der Waals surface area contributed by atoms with Crippen LogP contribution in [-0.4, -0.2) is 4.98 Å². The summed E-state index contributed by atoms with van der Waals surface area (Å²) in [7, 11) is 0. The monoisotopic (exact) mass is 135 g/mol. The third-order valence-corrected chi connectivity index (χ3v) is 1.92. The Morgan fingerprint density at radius 2 is 2.00 bits per heavy atom. The summed E-state index contributed by atoms with van der Waals surface area (Å²) in [5.41, 5.74) is 2.52. The van der Waals surface area contributed by atoms with Crippen LogP contribution in [-0.2, 0) is 6.42 Å². The minimum absolute atomic E-state index is 0.953. The first-order chi connectivity index (χ1) is 4.66. The minimum Gasteiger partial charge on any atom is -0.359 e. The summed E-state index contributed by atoms with van der Waals surface area (Å²) >= 11 is 0. The number of H-pyrrole nitrogens is 1. The second kappa shape index (κ2) is 2.33. The Hall–Kier alpha value is -0.980. The Morgan fingerprint density at radius 3 is 2.20 bits per heavy atom. The first kappa shape index (κ1) is 7.13. The molecule has 0 aliphatic heterocycles. The first-order valence-electron chi connectivity index (χ1n) is 3.52. The predicted octanol–water partition coefficient (Wildman–Crippen LogP) is 0.706. The topological polar surface area (TPSA) is 15.8 Å². The lowest BCUT2D eigenvalue weighted by atomic mass is 10.2. The fourth-order valence-corrected chi connectivity index (χ4v) is 1.11. The quantitative estimate of drug-likeness (QED) is 0.583. The van der Waals surface area contributed by atoms with E-state index in [1.165, 1.54) is 11.3 Å². The molecule has 0 bridgehead atoms. The standard InChI is InChI=1S/C9H13N/c1-5-9-7(3)6(2)8(4)10-9/h10H,2,4-5H2,1,3H3. The fraction of sp³-hybridized carbons (Fsp3) is 0.333. The molecule has 0 unspecified atom stereocenters. The maximum absolute atomic E-state index is 3.89. The molecule has 1 aromatic rings. The molecule has 1 heterocycles. The molecular weight excluding hydrogens is 122 g/mol. The number of rotatable bonds is 1. The van der Waals surface area contributed by atoms with Gasteiger partial charge in [-0.1, -0.05) is 20.1 Å². The smallest absolute Gasteiger partial charge is 0.0379 e. The molecule has 0 aromatic carbocycles. The van der Waals surface area contributed by atoms with Crippen LogP contribution in [0.1, 0.15) is 18.2 Å². The zero-order valence-electron chi connectivity index (χ0n) is 6.62. The van der Waals surface area contributed by atoms with Gasteiger partial charge in [-0.05, 0) is 24.1 Å². The van der Waals surface area contributed by atoms with Crippen LogP contribution in [0.3, 0.4) is 0 Å². The van der Waals surface area contributed by atoms with Crippen molar-refractivity contribution in [1.82, 2.24) is 4.98 Å². The van der Waals surface area contributed by atoms with Crippen LogP contribution in [0.2, 0.25) is 0 Å². The van der Waals surface area contributed by atoms with Gasteiger partial charge in [-0.25, -0.2) is 0 Å². The zero-order chi connectivity index (χ0) is 7.72. The summed E-state index contributed by atoms with van der Waals surface area (Å²) in [5.74, 6) is 0. The molecule has 0 spiro atoms. The van der Waals surface area contributed by atoms with Crippen LogP contribution in [0.5, 0.6) is 0 Å². The molecule has 1 N–H and O–H groups in total. The lowest BCUT2D eigenvalue weighted by Crippen LogP contribution is -2.19. The summed E-state index contributed by atoms with van der Waals surface area (Å²) in [6, 6.07) is 0. The van der Waals surface area contributed by atoms with Crippen molar-refractivity contribution in [2.75, 3.05) is 0 Å². The molecule has 0 saturated heterocycles. The third kappa shape index (κ3) is 0.878. The van der Waals surface area contributed by atoms with Crippen LogP contribution < -0.4 is 10.6 Å². The van der Waals surface area contributed by atoms with E-state index in [4.69, 9.17) is 0 Å². The molecule has 0 aliphatic rings. The van der Waals surface area contributed by atoms with E-state index in [-0.39, 0.29) is 0 Å². The van der Waals surface area contributed by atoms with Gasteiger partial charge < -0.3 is 4.98 Å². The van der Waals surface area contributed by atoms with E-state index < -0.39 is 0 Å². The molecule has 1 rings (SSSR count). The van der Waals surface area contributed by atoms with Crippen molar-refractivity contribution in [2.45, 2.75) is 20.3 Å². The van der Waals surface area contributed by atoms with Gasteiger partial charge in [-0.2, -0.15) is 0 Å². The molecule has 0 aliphatic carbocycles. The molecule has 0 radical (unpaired) electrons. The average molecular weight is 135 g/mol. The Bertz CT molecular complexity index is 319. The number of aromatic nitrogens is 1. The highest BCUT2D eigenvalue weighted by Crippen LogP contribution is 1.95. The highest BCUT2D eigenvalue weighted by Gasteiger charge is 1.97. The maximum atomic E-state index is 3.89. The van der Waals surface area contributed by atoms with Gasteiger partial charge in [-0.3, -0.25) is 0 Å². The molecule has 54 valence electrons. The Balaban J connectivity index is 3.46. The summed E-state index contributed by atoms with van der Waals surface area (Å²) in [4.78, 5) is 3.19. The summed E-state index contributed by atoms with van der Waals surface area (Å²) < 4.78 is 0. The van der Waals surface area contributed by atoms with Gasteiger partial charge in [0.1, 0.15) is 0 Å². The molecule has 10 heavy (non-hydrogen) atoms. The number of aromatic amines is 1. The number of hydrogen-bond acceptors (Lipinski definition) is 0. The van der Waals surface area contributed by atoms with Crippen LogP contribution >= 0.6 is 0 Å². The molecule has 1 aromatic heterocycles. The van der Waals surface area contributed by atoms with E-state index in [1.54, 1.807) is 0 Å². The second-order valence-electron chi connectivity index (χ2n) is 2.54. The summed E-state index contributed by atoms with van der Waals surface area (Å²) in [5, 5.41) is 2.01. The van der Waals surface area contributed by atoms with Gasteiger partial charge in [-0.15, -0.1) is 0 Å². The van der Waals surface area contributed by atoms with Gasteiger partial charge in [0.25, 0.3) is 0 Å². The van der Waals surface area contributed by atoms with Crippen LogP contribution in [0.4, 0.5) is 0 Å². The van der Waals surface area contributed by atoms with Crippen molar-refractivity contribution in [3.05, 3.63) is 21.8 Å². The highest BCUT2D eigenvalue weighted by atomic mass is 14.7. The van der Waals surface area contributed by atoms with Gasteiger partial charge in [0.05, 0.1) is 0 Å². The van der Waals surface area contributed by atoms with Gasteiger partial charge in [0, 0.05) is 11.0 Å². The van der Waals surface area contributed by atoms with Gasteiger partial charge in [0.2, 0.25) is 0 Å². The van der Waals surface area contributed by atoms with E-state index in [9.17, 15) is 0 Å². The molecule has 0 fully saturated rings. The Labute approximate surface area is 61.1 Å². The minimum atomic E-state index is 0.953. The number of hydrogen-bond donors (Lipinski definition) is 1. The van der Waals surface area contributed by atoms with E-state index in [2.05, 4.69) is 32.0 Å². The Kier molecular flexibility index (Phi) is 1.66. The predicted molar refractivity (Wildman–Crippen MR) is 45.2 cm³/mol. The van der Waals surface area contributed by atoms with Crippen LogP contribution in [0, 0.1) is 6.92 Å². The van der Waals surface area contributed by atoms with Crippen molar-refractivity contribution in [2.24, 2.45) is 0 Å². The van der Waals surface area contributed by atoms with E-state index >= 15 is 0 Å². The largest absolute Gasteiger partial charge is 0.359 e. The van der Waals surface area contributed by atoms with E-state index in [0.29, 0.717) is 0 Å². The summed E-state index contributed by atoms with van der Waals surface area (Å²) in [6.07, 6.45) is 1.03. The molecule has 0 amide bonds. The fourth-order valence-electron chi connectivity index (χ4n) is 1.11. The van der Waals surface area contributed by atoms with E-state index in [1.807, 2.05) is 0 Å². The lowest BCUT2D eigenvalue weighted by Gasteiger charge is -1.89. The molecule has 0 atom stereocenters. The van der Waals surface area contributed by atoms with Crippen molar-refractivity contribution >= 4 is 13.2 Å². The van der Waals surface area contributed by atoms with Crippen LogP contribution in [0.25, 0.3) is 13.2 Å². The van der Waals surface area contributed by atoms with Crippen LogP contribution in [0.15, 0.2) is 0 Å². The van der Waals surface area contributed by atoms with Crippen molar-refractivity contribution in [3.63, 3.8) is 0 Å². The van der Waals surface area contributed by atoms with E-state index in [0.717, 1.165) is 17.0 Å². The normalized spacial score (nSPS) is 10.2. The van der Waals surface area contributed by atoms with Gasteiger partial charge in [0.15, 0.2) is 0 Å². The first-order valence-corrected chi connectivity index (χ1v) is 3.52. The van der Waals surface area contributed by atoms with Crippen molar-refractivity contribution in [1.29, 1.82) is 0 Å². The molecule has 1 nitrogen and oxygen atoms in total.